The fraction of sp³-hybridized carbons (Fsp3) is 0.190. The van der Waals surface area contributed by atoms with E-state index in [1.54, 1.807) is 25.1 Å². The molecular weight excluding hydrogens is 452 g/mol. The van der Waals surface area contributed by atoms with E-state index in [1.807, 2.05) is 6.92 Å². The van der Waals surface area contributed by atoms with Crippen LogP contribution >= 0.6 is 23.2 Å². The summed E-state index contributed by atoms with van der Waals surface area (Å²) in [5.41, 5.74) is 1.87. The summed E-state index contributed by atoms with van der Waals surface area (Å²) in [6.45, 7) is 3.47. The second-order valence-corrected chi connectivity index (χ2v) is 7.76. The number of H-pyrrole nitrogens is 1. The molecule has 0 saturated heterocycles. The van der Waals surface area contributed by atoms with Gasteiger partial charge < -0.3 is 4.98 Å². The molecule has 0 saturated carbocycles. The molecule has 0 spiro atoms. The number of benzene rings is 1. The predicted octanol–water partition coefficient (Wildman–Crippen LogP) is 5.95. The van der Waals surface area contributed by atoms with E-state index in [1.165, 1.54) is 10.6 Å². The first-order chi connectivity index (χ1) is 14.6. The minimum absolute atomic E-state index is 0.299. The summed E-state index contributed by atoms with van der Waals surface area (Å²) in [6.07, 6.45) is -2.94. The summed E-state index contributed by atoms with van der Waals surface area (Å²) in [5, 5.41) is 5.28. The number of hydrogen-bond donors (Lipinski definition) is 1. The minimum atomic E-state index is -4.55. The molecular formula is C21H15Cl2F3N4O. The van der Waals surface area contributed by atoms with Crippen LogP contribution in [0.5, 0.6) is 0 Å². The van der Waals surface area contributed by atoms with Crippen molar-refractivity contribution in [1.29, 1.82) is 0 Å². The molecule has 31 heavy (non-hydrogen) atoms. The smallest absolute Gasteiger partial charge is 0.339 e. The van der Waals surface area contributed by atoms with Crippen molar-refractivity contribution in [2.24, 2.45) is 0 Å². The molecule has 0 atom stereocenters. The first kappa shape index (κ1) is 21.4. The maximum absolute atomic E-state index is 13.0. The number of nitrogens with one attached hydrogen (secondary N) is 1. The van der Waals surface area contributed by atoms with Crippen molar-refractivity contribution in [3.8, 4) is 22.4 Å². The number of alkyl halides is 3. The van der Waals surface area contributed by atoms with E-state index in [0.717, 1.165) is 12.3 Å². The third kappa shape index (κ3) is 3.70. The maximum Gasteiger partial charge on any atom is 0.433 e. The minimum Gasteiger partial charge on any atom is -0.339 e. The summed E-state index contributed by atoms with van der Waals surface area (Å²) in [5.74, 6) is 0. The van der Waals surface area contributed by atoms with Crippen molar-refractivity contribution in [3.63, 3.8) is 0 Å². The van der Waals surface area contributed by atoms with Crippen LogP contribution in [-0.2, 0) is 12.6 Å². The molecule has 0 fully saturated rings. The molecule has 3 aromatic heterocycles. The van der Waals surface area contributed by atoms with Crippen LogP contribution in [0.4, 0.5) is 13.2 Å². The van der Waals surface area contributed by atoms with Gasteiger partial charge in [0.15, 0.2) is 0 Å². The zero-order valence-electron chi connectivity index (χ0n) is 16.3. The second kappa shape index (κ2) is 7.69. The van der Waals surface area contributed by atoms with Crippen LogP contribution in [0.15, 0.2) is 41.3 Å². The molecule has 1 aromatic carbocycles. The zero-order valence-corrected chi connectivity index (χ0v) is 17.8. The largest absolute Gasteiger partial charge is 0.433 e. The average Bonchev–Trinajstić information content (AvgIpc) is 3.09. The number of hydrogen-bond acceptors (Lipinski definition) is 3. The SMILES string of the molecule is CCc1nn2c(=O)c(C)c(-c3ccc(C(F)(F)F)nc3)[nH]c2c1-c1ccc(Cl)cc1Cl. The molecule has 0 unspecified atom stereocenters. The van der Waals surface area contributed by atoms with Gasteiger partial charge in [0, 0.05) is 33.5 Å². The Labute approximate surface area is 184 Å². The molecule has 4 aromatic rings. The first-order valence-electron chi connectivity index (χ1n) is 9.25. The zero-order chi connectivity index (χ0) is 22.5. The summed E-state index contributed by atoms with van der Waals surface area (Å²) >= 11 is 12.4. The molecule has 0 aliphatic heterocycles. The third-order valence-electron chi connectivity index (χ3n) is 4.97. The average molecular weight is 467 g/mol. The maximum atomic E-state index is 13.0. The van der Waals surface area contributed by atoms with Crippen molar-refractivity contribution in [3.05, 3.63) is 73.9 Å². The van der Waals surface area contributed by atoms with E-state index in [9.17, 15) is 18.0 Å². The fourth-order valence-corrected chi connectivity index (χ4v) is 3.93. The van der Waals surface area contributed by atoms with Gasteiger partial charge in [0.2, 0.25) is 0 Å². The Balaban J connectivity index is 1.99. The van der Waals surface area contributed by atoms with Crippen molar-refractivity contribution >= 4 is 28.8 Å². The number of aromatic amines is 1. The van der Waals surface area contributed by atoms with Gasteiger partial charge in [-0.25, -0.2) is 0 Å². The highest BCUT2D eigenvalue weighted by molar-refractivity contribution is 6.36. The van der Waals surface area contributed by atoms with Gasteiger partial charge in [-0.1, -0.05) is 36.2 Å². The van der Waals surface area contributed by atoms with Crippen molar-refractivity contribution < 1.29 is 13.2 Å². The molecule has 0 bridgehead atoms. The summed E-state index contributed by atoms with van der Waals surface area (Å²) in [4.78, 5) is 19.7. The molecule has 4 rings (SSSR count). The first-order valence-corrected chi connectivity index (χ1v) is 10.0. The topological polar surface area (TPSA) is 63.1 Å². The molecule has 0 aliphatic rings. The molecule has 3 heterocycles. The van der Waals surface area contributed by atoms with Crippen LogP contribution in [0.25, 0.3) is 28.0 Å². The van der Waals surface area contributed by atoms with Gasteiger partial charge in [0.25, 0.3) is 5.56 Å². The lowest BCUT2D eigenvalue weighted by Crippen LogP contribution is -2.19. The van der Waals surface area contributed by atoms with Crippen LogP contribution in [-0.4, -0.2) is 19.6 Å². The van der Waals surface area contributed by atoms with Gasteiger partial charge in [-0.15, -0.1) is 0 Å². The highest BCUT2D eigenvalue weighted by Crippen LogP contribution is 2.36. The Morgan fingerprint density at radius 2 is 1.90 bits per heavy atom. The molecule has 1 N–H and O–H groups in total. The van der Waals surface area contributed by atoms with E-state index in [4.69, 9.17) is 23.2 Å². The van der Waals surface area contributed by atoms with E-state index in [0.29, 0.717) is 55.8 Å². The van der Waals surface area contributed by atoms with E-state index in [2.05, 4.69) is 15.1 Å². The highest BCUT2D eigenvalue weighted by atomic mass is 35.5. The lowest BCUT2D eigenvalue weighted by Gasteiger charge is -2.10. The predicted molar refractivity (Wildman–Crippen MR) is 114 cm³/mol. The second-order valence-electron chi connectivity index (χ2n) is 6.92. The van der Waals surface area contributed by atoms with E-state index >= 15 is 0 Å². The number of nitrogens with zero attached hydrogens (tertiary/aromatic N) is 3. The lowest BCUT2D eigenvalue weighted by molar-refractivity contribution is -0.141. The number of aryl methyl sites for hydroxylation is 1. The number of halogens is 5. The number of fused-ring (bicyclic) bond motifs is 1. The molecule has 0 amide bonds. The van der Waals surface area contributed by atoms with Crippen LogP contribution in [0.3, 0.4) is 0 Å². The van der Waals surface area contributed by atoms with Gasteiger partial charge in [0.05, 0.1) is 16.4 Å². The van der Waals surface area contributed by atoms with Crippen molar-refractivity contribution in [2.45, 2.75) is 26.4 Å². The van der Waals surface area contributed by atoms with Crippen LogP contribution < -0.4 is 5.56 Å². The monoisotopic (exact) mass is 466 g/mol. The third-order valence-corrected chi connectivity index (χ3v) is 5.52. The molecule has 10 heteroatoms. The number of rotatable bonds is 3. The standard InChI is InChI=1S/C21H15Cl2F3N4O/c1-3-15-17(13-6-5-12(22)8-14(13)23)19-28-18(10(2)20(31)30(19)29-15)11-4-7-16(27-9-11)21(24,25)26/h4-9,28H,3H2,1-2H3. The van der Waals surface area contributed by atoms with Gasteiger partial charge in [-0.3, -0.25) is 9.78 Å². The normalized spacial score (nSPS) is 12.0. The highest BCUT2D eigenvalue weighted by Gasteiger charge is 2.32. The van der Waals surface area contributed by atoms with Crippen molar-refractivity contribution in [1.82, 2.24) is 19.6 Å². The van der Waals surface area contributed by atoms with Gasteiger partial charge in [-0.05, 0) is 37.6 Å². The fourth-order valence-electron chi connectivity index (χ4n) is 3.42. The van der Waals surface area contributed by atoms with Gasteiger partial charge in [-0.2, -0.15) is 22.8 Å². The molecule has 160 valence electrons. The summed E-state index contributed by atoms with van der Waals surface area (Å²) in [6, 6.07) is 7.16. The van der Waals surface area contributed by atoms with E-state index < -0.39 is 17.4 Å². The van der Waals surface area contributed by atoms with Crippen LogP contribution in [0.2, 0.25) is 10.0 Å². The molecule has 5 nitrogen and oxygen atoms in total. The van der Waals surface area contributed by atoms with Crippen LogP contribution in [0.1, 0.15) is 23.9 Å². The Hall–Kier alpha value is -2.84. The lowest BCUT2D eigenvalue weighted by atomic mass is 10.0. The number of aromatic nitrogens is 4. The number of pyridine rings is 1. The quantitative estimate of drug-likeness (QED) is 0.405. The molecule has 0 radical (unpaired) electrons. The Morgan fingerprint density at radius 1 is 1.16 bits per heavy atom. The van der Waals surface area contributed by atoms with Gasteiger partial charge in [0.1, 0.15) is 11.3 Å². The summed E-state index contributed by atoms with van der Waals surface area (Å²) < 4.78 is 39.9. The Morgan fingerprint density at radius 3 is 2.48 bits per heavy atom. The van der Waals surface area contributed by atoms with Crippen LogP contribution in [0, 0.1) is 6.92 Å². The van der Waals surface area contributed by atoms with E-state index in [-0.39, 0.29) is 0 Å². The van der Waals surface area contributed by atoms with Crippen molar-refractivity contribution in [2.75, 3.05) is 0 Å². The Kier molecular flexibility index (Phi) is 5.31. The molecule has 0 aliphatic carbocycles. The summed E-state index contributed by atoms with van der Waals surface area (Å²) in [7, 11) is 0. The Bertz CT molecular complexity index is 1360. The van der Waals surface area contributed by atoms with Gasteiger partial charge >= 0.3 is 6.18 Å².